The summed E-state index contributed by atoms with van der Waals surface area (Å²) in [6.45, 7) is 1.90. The Kier molecular flexibility index (Phi) is 3.84. The number of hydrogen-bond acceptors (Lipinski definition) is 2. The van der Waals surface area contributed by atoms with Crippen molar-refractivity contribution in [2.45, 2.75) is 18.9 Å². The molecule has 0 fully saturated rings. The average Bonchev–Trinajstić information content (AvgIpc) is 2.86. The van der Waals surface area contributed by atoms with Gasteiger partial charge in [-0.2, -0.15) is 0 Å². The summed E-state index contributed by atoms with van der Waals surface area (Å²) in [5.74, 6) is 0. The van der Waals surface area contributed by atoms with Crippen molar-refractivity contribution < 1.29 is 5.11 Å². The quantitative estimate of drug-likeness (QED) is 0.623. The van der Waals surface area contributed by atoms with Crippen molar-refractivity contribution in [2.24, 2.45) is 0 Å². The SMILES string of the molecule is CC(O)(Cc1ccc(I)cc1)c1cc2ccccc2s1. The van der Waals surface area contributed by atoms with Gasteiger partial charge in [-0.25, -0.2) is 0 Å². The highest BCUT2D eigenvalue weighted by molar-refractivity contribution is 14.1. The summed E-state index contributed by atoms with van der Waals surface area (Å²) in [6.07, 6.45) is 0.636. The van der Waals surface area contributed by atoms with Crippen molar-refractivity contribution in [1.82, 2.24) is 0 Å². The number of benzene rings is 2. The Morgan fingerprint density at radius 3 is 2.50 bits per heavy atom. The monoisotopic (exact) mass is 394 g/mol. The van der Waals surface area contributed by atoms with Crippen LogP contribution in [0.3, 0.4) is 0 Å². The second kappa shape index (κ2) is 5.47. The van der Waals surface area contributed by atoms with E-state index in [1.807, 2.05) is 19.1 Å². The molecule has 0 bridgehead atoms. The fourth-order valence-corrected chi connectivity index (χ4v) is 3.80. The largest absolute Gasteiger partial charge is 0.384 e. The molecule has 2 aromatic carbocycles. The molecule has 0 saturated heterocycles. The van der Waals surface area contributed by atoms with Crippen molar-refractivity contribution in [3.63, 3.8) is 0 Å². The van der Waals surface area contributed by atoms with Gasteiger partial charge in [-0.1, -0.05) is 30.3 Å². The van der Waals surface area contributed by atoms with Gasteiger partial charge >= 0.3 is 0 Å². The third kappa shape index (κ3) is 2.90. The van der Waals surface area contributed by atoms with Gasteiger partial charge in [0.2, 0.25) is 0 Å². The molecule has 1 atom stereocenters. The number of rotatable bonds is 3. The van der Waals surface area contributed by atoms with Crippen LogP contribution < -0.4 is 0 Å². The molecular formula is C17H15IOS. The lowest BCUT2D eigenvalue weighted by Crippen LogP contribution is -2.22. The van der Waals surface area contributed by atoms with E-state index in [-0.39, 0.29) is 0 Å². The van der Waals surface area contributed by atoms with Crippen LogP contribution in [-0.2, 0) is 12.0 Å². The summed E-state index contributed by atoms with van der Waals surface area (Å²) in [4.78, 5) is 1.03. The molecule has 1 N–H and O–H groups in total. The minimum absolute atomic E-state index is 0.636. The molecular weight excluding hydrogens is 379 g/mol. The number of thiophene rings is 1. The molecule has 1 nitrogen and oxygen atoms in total. The molecule has 3 rings (SSSR count). The lowest BCUT2D eigenvalue weighted by Gasteiger charge is -2.22. The molecule has 0 amide bonds. The highest BCUT2D eigenvalue weighted by Crippen LogP contribution is 2.35. The maximum atomic E-state index is 10.8. The molecule has 20 heavy (non-hydrogen) atoms. The van der Waals surface area contributed by atoms with E-state index in [0.29, 0.717) is 6.42 Å². The summed E-state index contributed by atoms with van der Waals surface area (Å²) < 4.78 is 2.44. The summed E-state index contributed by atoms with van der Waals surface area (Å²) in [7, 11) is 0. The van der Waals surface area contributed by atoms with Gasteiger partial charge in [0.05, 0.1) is 5.60 Å². The van der Waals surface area contributed by atoms with Gasteiger partial charge in [0.25, 0.3) is 0 Å². The molecule has 0 radical (unpaired) electrons. The summed E-state index contributed by atoms with van der Waals surface area (Å²) in [6, 6.07) is 18.7. The van der Waals surface area contributed by atoms with Crippen LogP contribution in [0.1, 0.15) is 17.4 Å². The minimum atomic E-state index is -0.823. The van der Waals surface area contributed by atoms with Crippen molar-refractivity contribution in [1.29, 1.82) is 0 Å². The number of aliphatic hydroxyl groups is 1. The Hall–Kier alpha value is -0.910. The standard InChI is InChI=1S/C17H15IOS/c1-17(19,11-12-6-8-14(18)9-7-12)16-10-13-4-2-3-5-15(13)20-16/h2-10,19H,11H2,1H3. The van der Waals surface area contributed by atoms with Crippen LogP contribution in [0.15, 0.2) is 54.6 Å². The topological polar surface area (TPSA) is 20.2 Å². The van der Waals surface area contributed by atoms with Crippen LogP contribution in [0.4, 0.5) is 0 Å². The van der Waals surface area contributed by atoms with Crippen molar-refractivity contribution in [3.8, 4) is 0 Å². The van der Waals surface area contributed by atoms with Gasteiger partial charge < -0.3 is 5.11 Å². The second-order valence-corrected chi connectivity index (χ2v) is 7.55. The van der Waals surface area contributed by atoms with E-state index in [1.165, 1.54) is 13.7 Å². The zero-order valence-corrected chi connectivity index (χ0v) is 14.1. The van der Waals surface area contributed by atoms with E-state index in [2.05, 4.69) is 65.1 Å². The first-order chi connectivity index (χ1) is 9.54. The highest BCUT2D eigenvalue weighted by atomic mass is 127. The predicted molar refractivity (Wildman–Crippen MR) is 94.3 cm³/mol. The van der Waals surface area contributed by atoms with E-state index < -0.39 is 5.60 Å². The van der Waals surface area contributed by atoms with Gasteiger partial charge in [0, 0.05) is 19.6 Å². The van der Waals surface area contributed by atoms with Gasteiger partial charge in [-0.15, -0.1) is 11.3 Å². The summed E-state index contributed by atoms with van der Waals surface area (Å²) >= 11 is 3.97. The first-order valence-electron chi connectivity index (χ1n) is 6.50. The average molecular weight is 394 g/mol. The second-order valence-electron chi connectivity index (χ2n) is 5.23. The van der Waals surface area contributed by atoms with Crippen LogP contribution in [0.25, 0.3) is 10.1 Å². The summed E-state index contributed by atoms with van der Waals surface area (Å²) in [5, 5.41) is 12.0. The number of halogens is 1. The number of fused-ring (bicyclic) bond motifs is 1. The normalized spacial score (nSPS) is 14.3. The van der Waals surface area contributed by atoms with E-state index >= 15 is 0 Å². The molecule has 0 saturated carbocycles. The molecule has 0 aliphatic rings. The highest BCUT2D eigenvalue weighted by Gasteiger charge is 2.25. The molecule has 0 aliphatic heterocycles. The molecule has 1 heterocycles. The molecule has 1 unspecified atom stereocenters. The van der Waals surface area contributed by atoms with E-state index in [1.54, 1.807) is 11.3 Å². The molecule has 0 aliphatic carbocycles. The van der Waals surface area contributed by atoms with Crippen LogP contribution in [0, 0.1) is 3.57 Å². The third-order valence-corrected chi connectivity index (χ3v) is 5.51. The van der Waals surface area contributed by atoms with Crippen molar-refractivity contribution in [2.75, 3.05) is 0 Å². The molecule has 3 heteroatoms. The van der Waals surface area contributed by atoms with Crippen molar-refractivity contribution >= 4 is 44.0 Å². The predicted octanol–water partition coefficient (Wildman–Crippen LogP) is 4.96. The zero-order valence-electron chi connectivity index (χ0n) is 11.1. The maximum absolute atomic E-state index is 10.8. The van der Waals surface area contributed by atoms with E-state index in [9.17, 15) is 5.11 Å². The van der Waals surface area contributed by atoms with E-state index in [4.69, 9.17) is 0 Å². The van der Waals surface area contributed by atoms with Gasteiger partial charge in [0.1, 0.15) is 0 Å². The lowest BCUT2D eigenvalue weighted by molar-refractivity contribution is 0.0616. The Morgan fingerprint density at radius 1 is 1.10 bits per heavy atom. The maximum Gasteiger partial charge on any atom is 0.1000 e. The van der Waals surface area contributed by atoms with Gasteiger partial charge in [0.15, 0.2) is 0 Å². The molecule has 0 spiro atoms. The molecule has 1 aromatic heterocycles. The van der Waals surface area contributed by atoms with E-state index in [0.717, 1.165) is 10.4 Å². The lowest BCUT2D eigenvalue weighted by atomic mass is 9.95. The Balaban J connectivity index is 1.92. The third-order valence-electron chi connectivity index (χ3n) is 3.42. The Morgan fingerprint density at radius 2 is 1.80 bits per heavy atom. The van der Waals surface area contributed by atoms with Crippen LogP contribution >= 0.6 is 33.9 Å². The first kappa shape index (κ1) is 14.0. The fourth-order valence-electron chi connectivity index (χ4n) is 2.33. The Bertz CT molecular complexity index is 695. The van der Waals surface area contributed by atoms with Crippen molar-refractivity contribution in [3.05, 3.63) is 68.6 Å². The fraction of sp³-hybridized carbons (Fsp3) is 0.176. The zero-order chi connectivity index (χ0) is 14.2. The van der Waals surface area contributed by atoms with Crippen LogP contribution in [-0.4, -0.2) is 5.11 Å². The number of hydrogen-bond donors (Lipinski definition) is 1. The first-order valence-corrected chi connectivity index (χ1v) is 8.40. The van der Waals surface area contributed by atoms with Crippen LogP contribution in [0.2, 0.25) is 0 Å². The molecule has 3 aromatic rings. The smallest absolute Gasteiger partial charge is 0.1000 e. The summed E-state index contributed by atoms with van der Waals surface area (Å²) in [5.41, 5.74) is 0.337. The van der Waals surface area contributed by atoms with Gasteiger partial charge in [-0.05, 0) is 64.7 Å². The Labute approximate surface area is 136 Å². The van der Waals surface area contributed by atoms with Crippen LogP contribution in [0.5, 0.6) is 0 Å². The molecule has 102 valence electrons. The van der Waals surface area contributed by atoms with Gasteiger partial charge in [-0.3, -0.25) is 0 Å². The minimum Gasteiger partial charge on any atom is -0.384 e.